The van der Waals surface area contributed by atoms with Gasteiger partial charge in [-0.2, -0.15) is 0 Å². The molecule has 0 aromatic rings. The maximum absolute atomic E-state index is 11.1. The normalized spacial score (nSPS) is 39.2. The summed E-state index contributed by atoms with van der Waals surface area (Å²) >= 11 is 0. The molecule has 0 amide bonds. The SMILES string of the molecule is CC(C=CC=C(C)C=CC12OC(CC1(C)C)CC2(C)O)=CC=CC=C(C)C=CC=C(C)C=CC12OC(CC1(C)C)CC2(C)O. The highest BCUT2D eigenvalue weighted by Crippen LogP contribution is 2.61. The van der Waals surface area contributed by atoms with Crippen LogP contribution < -0.4 is 0 Å². The summed E-state index contributed by atoms with van der Waals surface area (Å²) in [4.78, 5) is 0. The minimum atomic E-state index is -0.848. The molecular formula is C40H56O4. The van der Waals surface area contributed by atoms with Crippen molar-refractivity contribution in [1.29, 1.82) is 0 Å². The molecule has 4 bridgehead atoms. The zero-order valence-electron chi connectivity index (χ0n) is 28.8. The van der Waals surface area contributed by atoms with Crippen molar-refractivity contribution in [2.24, 2.45) is 10.8 Å². The zero-order chi connectivity index (χ0) is 32.6. The molecule has 4 heterocycles. The quantitative estimate of drug-likeness (QED) is 0.246. The lowest BCUT2D eigenvalue weighted by Crippen LogP contribution is -2.56. The molecule has 4 aliphatic heterocycles. The van der Waals surface area contributed by atoms with Crippen molar-refractivity contribution in [3.63, 3.8) is 0 Å². The number of hydrogen-bond donors (Lipinski definition) is 2. The van der Waals surface area contributed by atoms with E-state index in [2.05, 4.69) is 140 Å². The topological polar surface area (TPSA) is 58.9 Å². The molecule has 240 valence electrons. The minimum absolute atomic E-state index is 0.0983. The summed E-state index contributed by atoms with van der Waals surface area (Å²) < 4.78 is 12.6. The second-order valence-corrected chi connectivity index (χ2v) is 15.5. The Labute approximate surface area is 267 Å². The molecule has 6 atom stereocenters. The second-order valence-electron chi connectivity index (χ2n) is 15.5. The van der Waals surface area contributed by atoms with E-state index in [4.69, 9.17) is 9.47 Å². The van der Waals surface area contributed by atoms with Crippen molar-refractivity contribution in [3.8, 4) is 0 Å². The van der Waals surface area contributed by atoms with Gasteiger partial charge >= 0.3 is 0 Å². The van der Waals surface area contributed by atoms with Gasteiger partial charge in [-0.3, -0.25) is 0 Å². The van der Waals surface area contributed by atoms with Crippen LogP contribution in [0.2, 0.25) is 0 Å². The Morgan fingerprint density at radius 3 is 1.14 bits per heavy atom. The van der Waals surface area contributed by atoms with Crippen molar-refractivity contribution in [2.75, 3.05) is 0 Å². The fraction of sp³-hybridized carbons (Fsp3) is 0.550. The van der Waals surface area contributed by atoms with Gasteiger partial charge in [0.2, 0.25) is 0 Å². The van der Waals surface area contributed by atoms with Crippen molar-refractivity contribution >= 4 is 0 Å². The zero-order valence-corrected chi connectivity index (χ0v) is 28.8. The highest BCUT2D eigenvalue weighted by atomic mass is 16.6. The summed E-state index contributed by atoms with van der Waals surface area (Å²) in [7, 11) is 0. The van der Waals surface area contributed by atoms with Gasteiger partial charge in [-0.1, -0.05) is 123 Å². The molecule has 0 saturated carbocycles. The molecule has 4 fully saturated rings. The summed E-state index contributed by atoms with van der Waals surface area (Å²) in [5, 5.41) is 22.2. The molecule has 4 heteroatoms. The Kier molecular flexibility index (Phi) is 9.66. The van der Waals surface area contributed by atoms with E-state index in [1.165, 1.54) is 0 Å². The van der Waals surface area contributed by atoms with E-state index in [1.807, 2.05) is 13.8 Å². The highest BCUT2D eigenvalue weighted by molar-refractivity contribution is 5.35. The third-order valence-corrected chi connectivity index (χ3v) is 10.5. The first kappa shape index (κ1) is 34.4. The molecule has 2 N–H and O–H groups in total. The van der Waals surface area contributed by atoms with Crippen molar-refractivity contribution in [1.82, 2.24) is 0 Å². The van der Waals surface area contributed by atoms with Gasteiger partial charge in [0.25, 0.3) is 0 Å². The lowest BCUT2D eigenvalue weighted by molar-refractivity contribution is -0.115. The second kappa shape index (κ2) is 12.4. The number of fused-ring (bicyclic) bond motifs is 4. The van der Waals surface area contributed by atoms with E-state index in [9.17, 15) is 10.2 Å². The summed E-state index contributed by atoms with van der Waals surface area (Å²) in [5.74, 6) is 0. The highest BCUT2D eigenvalue weighted by Gasteiger charge is 2.68. The van der Waals surface area contributed by atoms with E-state index < -0.39 is 22.4 Å². The van der Waals surface area contributed by atoms with E-state index in [0.29, 0.717) is 12.8 Å². The molecule has 0 spiro atoms. The number of hydrogen-bond acceptors (Lipinski definition) is 4. The Morgan fingerprint density at radius 1 is 0.500 bits per heavy atom. The molecule has 0 aliphatic carbocycles. The largest absolute Gasteiger partial charge is 0.387 e. The smallest absolute Gasteiger partial charge is 0.120 e. The number of aliphatic hydroxyl groups is 2. The predicted octanol–water partition coefficient (Wildman–Crippen LogP) is 8.97. The Morgan fingerprint density at radius 2 is 0.818 bits per heavy atom. The van der Waals surface area contributed by atoms with E-state index in [1.54, 1.807) is 0 Å². The summed E-state index contributed by atoms with van der Waals surface area (Å²) in [6.07, 6.45) is 32.7. The van der Waals surface area contributed by atoms with Crippen LogP contribution in [0.25, 0.3) is 0 Å². The monoisotopic (exact) mass is 600 g/mol. The van der Waals surface area contributed by atoms with Gasteiger partial charge in [0.1, 0.15) is 11.2 Å². The minimum Gasteiger partial charge on any atom is -0.387 e. The van der Waals surface area contributed by atoms with Gasteiger partial charge in [-0.25, -0.2) is 0 Å². The van der Waals surface area contributed by atoms with Crippen LogP contribution in [0.1, 0.15) is 94.9 Å². The van der Waals surface area contributed by atoms with Gasteiger partial charge < -0.3 is 19.7 Å². The Balaban J connectivity index is 1.28. The molecular weight excluding hydrogens is 544 g/mol. The van der Waals surface area contributed by atoms with E-state index in [0.717, 1.165) is 35.1 Å². The van der Waals surface area contributed by atoms with Crippen LogP contribution in [0.4, 0.5) is 0 Å². The Bertz CT molecular complexity index is 1230. The number of allylic oxidation sites excluding steroid dienone is 16. The third kappa shape index (κ3) is 6.56. The maximum atomic E-state index is 11.1. The molecule has 4 saturated heterocycles. The number of ether oxygens (including phenoxy) is 2. The molecule has 0 aromatic carbocycles. The van der Waals surface area contributed by atoms with Crippen molar-refractivity contribution in [3.05, 3.63) is 107 Å². The summed E-state index contributed by atoms with van der Waals surface area (Å²) in [6, 6.07) is 0. The van der Waals surface area contributed by atoms with Crippen LogP contribution in [-0.2, 0) is 9.47 Å². The van der Waals surface area contributed by atoms with E-state index in [-0.39, 0.29) is 23.0 Å². The maximum Gasteiger partial charge on any atom is 0.120 e. The van der Waals surface area contributed by atoms with Crippen LogP contribution in [0, 0.1) is 10.8 Å². The fourth-order valence-corrected chi connectivity index (χ4v) is 8.23. The van der Waals surface area contributed by atoms with Crippen LogP contribution in [0.3, 0.4) is 0 Å². The van der Waals surface area contributed by atoms with Crippen LogP contribution in [0.15, 0.2) is 107 Å². The molecule has 6 unspecified atom stereocenters. The van der Waals surface area contributed by atoms with Crippen molar-refractivity contribution in [2.45, 2.75) is 130 Å². The van der Waals surface area contributed by atoms with Gasteiger partial charge in [0, 0.05) is 23.7 Å². The van der Waals surface area contributed by atoms with Crippen LogP contribution in [-0.4, -0.2) is 44.8 Å². The fourth-order valence-electron chi connectivity index (χ4n) is 8.23. The van der Waals surface area contributed by atoms with Gasteiger partial charge in [0.15, 0.2) is 0 Å². The third-order valence-electron chi connectivity index (χ3n) is 10.5. The molecule has 44 heavy (non-hydrogen) atoms. The molecule has 4 aliphatic rings. The predicted molar refractivity (Wildman–Crippen MR) is 183 cm³/mol. The lowest BCUT2D eigenvalue weighted by atomic mass is 9.61. The molecule has 4 rings (SSSR count). The lowest BCUT2D eigenvalue weighted by Gasteiger charge is -2.46. The first-order chi connectivity index (χ1) is 20.4. The average molecular weight is 601 g/mol. The summed E-state index contributed by atoms with van der Waals surface area (Å²) in [5.41, 5.74) is 1.37. The van der Waals surface area contributed by atoms with Gasteiger partial charge in [0.05, 0.1) is 23.4 Å². The number of rotatable bonds is 10. The van der Waals surface area contributed by atoms with Crippen LogP contribution in [0.5, 0.6) is 0 Å². The Hall–Kier alpha value is -2.50. The standard InChI is InChI=1S/C40H56O4/c1-29(17-13-19-31(3)21-23-39-35(5,6)25-33(43-39)27-37(39,9)41)15-11-12-16-30(2)18-14-20-32(4)22-24-40-36(7,8)26-34(44-40)28-38(40,10)42/h11-24,33-34,41-42H,25-28H2,1-10H3. The van der Waals surface area contributed by atoms with Crippen molar-refractivity contribution < 1.29 is 19.7 Å². The molecule has 0 radical (unpaired) electrons. The van der Waals surface area contributed by atoms with Gasteiger partial charge in [-0.15, -0.1) is 0 Å². The summed E-state index contributed by atoms with van der Waals surface area (Å²) in [6.45, 7) is 20.9. The molecule has 4 nitrogen and oxygen atoms in total. The first-order valence-corrected chi connectivity index (χ1v) is 16.3. The van der Waals surface area contributed by atoms with Gasteiger partial charge in [-0.05, 0) is 66.5 Å². The molecule has 0 aromatic heterocycles. The first-order valence-electron chi connectivity index (χ1n) is 16.3. The average Bonchev–Trinajstić information content (AvgIpc) is 3.50. The van der Waals surface area contributed by atoms with E-state index >= 15 is 0 Å². The van der Waals surface area contributed by atoms with Crippen LogP contribution >= 0.6 is 0 Å².